The summed E-state index contributed by atoms with van der Waals surface area (Å²) >= 11 is 0. The topological polar surface area (TPSA) is 72.3 Å². The van der Waals surface area contributed by atoms with Gasteiger partial charge in [0.05, 0.1) is 17.5 Å². The Hall–Kier alpha value is -2.41. The average Bonchev–Trinajstić information content (AvgIpc) is 2.81. The maximum absolute atomic E-state index is 12.8. The number of amides is 1. The van der Waals surface area contributed by atoms with Crippen molar-refractivity contribution in [2.45, 2.75) is 33.3 Å². The summed E-state index contributed by atoms with van der Waals surface area (Å²) in [6.07, 6.45) is 1.09. The molecule has 0 bridgehead atoms. The maximum Gasteiger partial charge on any atom is 0.276 e. The third-order valence-corrected chi connectivity index (χ3v) is 4.18. The highest BCUT2D eigenvalue weighted by molar-refractivity contribution is 5.93. The molecule has 3 rings (SSSR count). The van der Waals surface area contributed by atoms with Gasteiger partial charge in [-0.15, -0.1) is 5.10 Å². The first kappa shape index (κ1) is 17.4. The predicted octanol–water partition coefficient (Wildman–Crippen LogP) is 1.80. The SMILES string of the molecule is Cc1c(C(=O)N2CCCNCC2)nnn1-c1ccc(OC(C)C)cc1. The van der Waals surface area contributed by atoms with Crippen molar-refractivity contribution in [2.75, 3.05) is 26.2 Å². The van der Waals surface area contributed by atoms with E-state index in [-0.39, 0.29) is 12.0 Å². The van der Waals surface area contributed by atoms with Crippen LogP contribution in [0.2, 0.25) is 0 Å². The molecule has 0 unspecified atom stereocenters. The van der Waals surface area contributed by atoms with Crippen LogP contribution in [-0.2, 0) is 0 Å². The highest BCUT2D eigenvalue weighted by Crippen LogP contribution is 2.19. The van der Waals surface area contributed by atoms with Crippen LogP contribution in [0, 0.1) is 6.92 Å². The van der Waals surface area contributed by atoms with Gasteiger partial charge < -0.3 is 15.0 Å². The van der Waals surface area contributed by atoms with Crippen molar-refractivity contribution < 1.29 is 9.53 Å². The molecule has 1 aliphatic heterocycles. The first-order valence-electron chi connectivity index (χ1n) is 8.75. The van der Waals surface area contributed by atoms with Crippen LogP contribution in [-0.4, -0.2) is 58.1 Å². The van der Waals surface area contributed by atoms with E-state index in [0.29, 0.717) is 12.2 Å². The van der Waals surface area contributed by atoms with Crippen molar-refractivity contribution in [3.63, 3.8) is 0 Å². The number of nitrogens with one attached hydrogen (secondary N) is 1. The van der Waals surface area contributed by atoms with Crippen LogP contribution in [0.4, 0.5) is 0 Å². The summed E-state index contributed by atoms with van der Waals surface area (Å²) in [5, 5.41) is 11.6. The molecule has 0 radical (unpaired) electrons. The van der Waals surface area contributed by atoms with Crippen LogP contribution in [0.5, 0.6) is 5.75 Å². The number of rotatable bonds is 4. The number of aromatic nitrogens is 3. The second-order valence-corrected chi connectivity index (χ2v) is 6.49. The summed E-state index contributed by atoms with van der Waals surface area (Å²) in [6, 6.07) is 7.64. The first-order chi connectivity index (χ1) is 12.1. The molecule has 1 saturated heterocycles. The molecule has 7 heteroatoms. The van der Waals surface area contributed by atoms with Gasteiger partial charge in [0.25, 0.3) is 5.91 Å². The number of nitrogens with zero attached hydrogens (tertiary/aromatic N) is 4. The van der Waals surface area contributed by atoms with Gasteiger partial charge in [0.2, 0.25) is 0 Å². The van der Waals surface area contributed by atoms with Crippen LogP contribution in [0.3, 0.4) is 0 Å². The quantitative estimate of drug-likeness (QED) is 0.916. The monoisotopic (exact) mass is 343 g/mol. The van der Waals surface area contributed by atoms with Gasteiger partial charge in [0, 0.05) is 19.6 Å². The zero-order valence-corrected chi connectivity index (χ0v) is 15.0. The Bertz CT molecular complexity index is 716. The van der Waals surface area contributed by atoms with Gasteiger partial charge >= 0.3 is 0 Å². The Morgan fingerprint density at radius 1 is 1.20 bits per heavy atom. The third kappa shape index (κ3) is 3.99. The number of hydrogen-bond donors (Lipinski definition) is 1. The molecule has 2 aromatic rings. The van der Waals surface area contributed by atoms with E-state index in [0.717, 1.165) is 43.2 Å². The zero-order chi connectivity index (χ0) is 17.8. The molecule has 0 spiro atoms. The van der Waals surface area contributed by atoms with Crippen LogP contribution in [0.15, 0.2) is 24.3 Å². The van der Waals surface area contributed by atoms with Gasteiger partial charge in [-0.1, -0.05) is 5.21 Å². The minimum atomic E-state index is -0.0489. The van der Waals surface area contributed by atoms with Gasteiger partial charge in [-0.3, -0.25) is 4.79 Å². The summed E-state index contributed by atoms with van der Waals surface area (Å²) in [5.74, 6) is 0.761. The normalized spacial score (nSPS) is 15.3. The van der Waals surface area contributed by atoms with Crippen molar-refractivity contribution in [3.8, 4) is 11.4 Å². The smallest absolute Gasteiger partial charge is 0.276 e. The van der Waals surface area contributed by atoms with Gasteiger partial charge in [-0.05, 0) is 58.0 Å². The molecule has 1 fully saturated rings. The van der Waals surface area contributed by atoms with E-state index < -0.39 is 0 Å². The Balaban J connectivity index is 1.79. The predicted molar refractivity (Wildman–Crippen MR) is 95.3 cm³/mol. The molecule has 0 saturated carbocycles. The lowest BCUT2D eigenvalue weighted by Crippen LogP contribution is -2.34. The molecule has 1 aromatic carbocycles. The molecule has 134 valence electrons. The van der Waals surface area contributed by atoms with Crippen molar-refractivity contribution >= 4 is 5.91 Å². The number of carbonyl (C=O) groups is 1. The summed E-state index contributed by atoms with van der Waals surface area (Å²) in [6.45, 7) is 9.07. The van der Waals surface area contributed by atoms with E-state index in [1.165, 1.54) is 0 Å². The van der Waals surface area contributed by atoms with Crippen molar-refractivity contribution in [2.24, 2.45) is 0 Å². The highest BCUT2D eigenvalue weighted by atomic mass is 16.5. The van der Waals surface area contributed by atoms with Gasteiger partial charge in [-0.25, -0.2) is 4.68 Å². The average molecular weight is 343 g/mol. The number of benzene rings is 1. The minimum Gasteiger partial charge on any atom is -0.491 e. The molecule has 1 amide bonds. The lowest BCUT2D eigenvalue weighted by atomic mass is 10.2. The van der Waals surface area contributed by atoms with Gasteiger partial charge in [0.1, 0.15) is 5.75 Å². The van der Waals surface area contributed by atoms with E-state index in [9.17, 15) is 4.79 Å². The standard InChI is InChI=1S/C18H25N5O2/c1-13(2)25-16-7-5-15(6-8-16)23-14(3)17(20-21-23)18(24)22-11-4-9-19-10-12-22/h5-8,13,19H,4,9-12H2,1-3H3. The highest BCUT2D eigenvalue weighted by Gasteiger charge is 2.23. The fraction of sp³-hybridized carbons (Fsp3) is 0.500. The van der Waals surface area contributed by atoms with Crippen LogP contribution in [0.1, 0.15) is 36.5 Å². The molecule has 1 N–H and O–H groups in total. The van der Waals surface area contributed by atoms with Crippen LogP contribution >= 0.6 is 0 Å². The summed E-state index contributed by atoms with van der Waals surface area (Å²) < 4.78 is 7.35. The van der Waals surface area contributed by atoms with Crippen molar-refractivity contribution in [3.05, 3.63) is 35.7 Å². The maximum atomic E-state index is 12.8. The van der Waals surface area contributed by atoms with E-state index in [1.807, 2.05) is 49.9 Å². The van der Waals surface area contributed by atoms with E-state index in [2.05, 4.69) is 15.6 Å². The molecular formula is C18H25N5O2. The van der Waals surface area contributed by atoms with E-state index >= 15 is 0 Å². The largest absolute Gasteiger partial charge is 0.491 e. The summed E-state index contributed by atoms with van der Waals surface area (Å²) in [7, 11) is 0. The first-order valence-corrected chi connectivity index (χ1v) is 8.75. The van der Waals surface area contributed by atoms with E-state index in [1.54, 1.807) is 4.68 Å². The second-order valence-electron chi connectivity index (χ2n) is 6.49. The number of ether oxygens (including phenoxy) is 1. The molecule has 25 heavy (non-hydrogen) atoms. The van der Waals surface area contributed by atoms with Gasteiger partial charge in [0.15, 0.2) is 5.69 Å². The van der Waals surface area contributed by atoms with Crippen molar-refractivity contribution in [1.29, 1.82) is 0 Å². The van der Waals surface area contributed by atoms with Crippen LogP contribution in [0.25, 0.3) is 5.69 Å². The Labute approximate surface area is 148 Å². The molecule has 0 aliphatic carbocycles. The van der Waals surface area contributed by atoms with Crippen molar-refractivity contribution in [1.82, 2.24) is 25.2 Å². The number of hydrogen-bond acceptors (Lipinski definition) is 5. The Morgan fingerprint density at radius 3 is 2.68 bits per heavy atom. The summed E-state index contributed by atoms with van der Waals surface area (Å²) in [5.41, 5.74) is 2.03. The van der Waals surface area contributed by atoms with Crippen LogP contribution < -0.4 is 10.1 Å². The molecule has 2 heterocycles. The fourth-order valence-electron chi connectivity index (χ4n) is 2.91. The lowest BCUT2D eigenvalue weighted by molar-refractivity contribution is 0.0759. The molecule has 7 nitrogen and oxygen atoms in total. The Kier molecular flexibility index (Phi) is 5.33. The number of carbonyl (C=O) groups excluding carboxylic acids is 1. The minimum absolute atomic E-state index is 0.0489. The lowest BCUT2D eigenvalue weighted by Gasteiger charge is -2.18. The Morgan fingerprint density at radius 2 is 1.96 bits per heavy atom. The summed E-state index contributed by atoms with van der Waals surface area (Å²) in [4.78, 5) is 14.6. The molecule has 0 atom stereocenters. The van der Waals surface area contributed by atoms with Gasteiger partial charge in [-0.2, -0.15) is 0 Å². The molecular weight excluding hydrogens is 318 g/mol. The third-order valence-electron chi connectivity index (χ3n) is 4.18. The fourth-order valence-corrected chi connectivity index (χ4v) is 2.91. The van der Waals surface area contributed by atoms with E-state index in [4.69, 9.17) is 4.74 Å². The molecule has 1 aliphatic rings. The molecule has 1 aromatic heterocycles. The zero-order valence-electron chi connectivity index (χ0n) is 15.0. The second kappa shape index (κ2) is 7.65.